The van der Waals surface area contributed by atoms with Gasteiger partial charge in [-0.05, 0) is 48.9 Å². The molecule has 0 fully saturated rings. The summed E-state index contributed by atoms with van der Waals surface area (Å²) in [6.45, 7) is 2.00. The molecule has 0 aromatic heterocycles. The van der Waals surface area contributed by atoms with Gasteiger partial charge in [-0.2, -0.15) is 5.10 Å². The van der Waals surface area contributed by atoms with E-state index >= 15 is 0 Å². The Bertz CT molecular complexity index is 1280. The average molecular weight is 479 g/mol. The van der Waals surface area contributed by atoms with Crippen LogP contribution in [0.15, 0.2) is 65.8 Å². The Morgan fingerprint density at radius 3 is 2.34 bits per heavy atom. The molecule has 2 N–H and O–H groups in total. The van der Waals surface area contributed by atoms with Crippen LogP contribution in [0.2, 0.25) is 0 Å². The van der Waals surface area contributed by atoms with E-state index < -0.39 is 21.2 Å². The number of methoxy groups -OCH3 is 1. The van der Waals surface area contributed by atoms with Crippen LogP contribution >= 0.6 is 0 Å². The average Bonchev–Trinajstić information content (AvgIpc) is 2.84. The number of benzene rings is 3. The Morgan fingerprint density at radius 1 is 0.971 bits per heavy atom. The Morgan fingerprint density at radius 2 is 1.69 bits per heavy atom. The number of ether oxygens (including phenoxy) is 2. The van der Waals surface area contributed by atoms with Crippen molar-refractivity contribution in [3.8, 4) is 17.2 Å². The first-order chi connectivity index (χ1) is 16.8. The Balaban J connectivity index is 1.65. The highest BCUT2D eigenvalue weighted by molar-refractivity contribution is 5.85. The molecule has 0 saturated carbocycles. The minimum absolute atomic E-state index is 0.0323. The normalized spacial score (nSPS) is 10.6. The van der Waals surface area contributed by atoms with Crippen LogP contribution in [0, 0.1) is 27.2 Å². The van der Waals surface area contributed by atoms with Gasteiger partial charge in [-0.25, -0.2) is 5.43 Å². The Kier molecular flexibility index (Phi) is 7.90. The van der Waals surface area contributed by atoms with Gasteiger partial charge in [-0.15, -0.1) is 0 Å². The molecule has 0 heterocycles. The lowest BCUT2D eigenvalue weighted by molar-refractivity contribution is -0.394. The predicted molar refractivity (Wildman–Crippen MR) is 128 cm³/mol. The maximum Gasteiger partial charge on any atom is 0.318 e. The number of carbonyl (C=O) groups is 1. The summed E-state index contributed by atoms with van der Waals surface area (Å²) in [5, 5.41) is 29.1. The molecule has 0 aliphatic carbocycles. The van der Waals surface area contributed by atoms with Gasteiger partial charge in [0.2, 0.25) is 5.75 Å². The first kappa shape index (κ1) is 24.6. The van der Waals surface area contributed by atoms with Crippen molar-refractivity contribution in [3.63, 3.8) is 0 Å². The number of aryl methyl sites for hydroxylation is 1. The van der Waals surface area contributed by atoms with Crippen molar-refractivity contribution in [2.75, 3.05) is 19.0 Å². The largest absolute Gasteiger partial charge is 0.493 e. The minimum Gasteiger partial charge on any atom is -0.493 e. The number of amides is 1. The standard InChI is InChI=1S/C23H21N5O7/c1-15-3-6-17(7-4-15)24-14-23(29)26-25-13-16-5-9-21(22(11-16)34-2)35-20-10-8-18(27(30)31)12-19(20)28(32)33/h3-13,24H,14H2,1-2H3,(H,26,29)/b25-13-. The fourth-order valence-electron chi connectivity index (χ4n) is 2.89. The molecule has 1 amide bonds. The molecule has 35 heavy (non-hydrogen) atoms. The van der Waals surface area contributed by atoms with Crippen LogP contribution < -0.4 is 20.2 Å². The van der Waals surface area contributed by atoms with E-state index in [-0.39, 0.29) is 29.7 Å². The highest BCUT2D eigenvalue weighted by Crippen LogP contribution is 2.38. The van der Waals surface area contributed by atoms with Crippen molar-refractivity contribution in [2.24, 2.45) is 5.10 Å². The molecule has 3 rings (SSSR count). The van der Waals surface area contributed by atoms with E-state index in [0.717, 1.165) is 29.4 Å². The first-order valence-corrected chi connectivity index (χ1v) is 10.2. The highest BCUT2D eigenvalue weighted by Gasteiger charge is 2.22. The second kappa shape index (κ2) is 11.2. The van der Waals surface area contributed by atoms with Crippen LogP contribution in [-0.2, 0) is 4.79 Å². The smallest absolute Gasteiger partial charge is 0.318 e. The molecular weight excluding hydrogens is 458 g/mol. The molecule has 0 aliphatic heterocycles. The van der Waals surface area contributed by atoms with Crippen LogP contribution in [0.4, 0.5) is 17.1 Å². The van der Waals surface area contributed by atoms with Crippen LogP contribution in [-0.4, -0.2) is 35.6 Å². The molecule has 12 nitrogen and oxygen atoms in total. The number of carbonyl (C=O) groups excluding carboxylic acids is 1. The van der Waals surface area contributed by atoms with Gasteiger partial charge in [0.05, 0.1) is 35.8 Å². The molecule has 0 aliphatic rings. The van der Waals surface area contributed by atoms with E-state index in [1.54, 1.807) is 12.1 Å². The second-order valence-corrected chi connectivity index (χ2v) is 7.19. The van der Waals surface area contributed by atoms with Gasteiger partial charge >= 0.3 is 5.69 Å². The number of hydrazone groups is 1. The van der Waals surface area contributed by atoms with E-state index in [0.29, 0.717) is 5.56 Å². The molecule has 3 aromatic carbocycles. The number of nitro groups is 2. The third-order valence-electron chi connectivity index (χ3n) is 4.67. The monoisotopic (exact) mass is 479 g/mol. The van der Waals surface area contributed by atoms with Crippen molar-refractivity contribution in [1.29, 1.82) is 0 Å². The van der Waals surface area contributed by atoms with Gasteiger partial charge < -0.3 is 14.8 Å². The molecule has 0 bridgehead atoms. The van der Waals surface area contributed by atoms with Crippen LogP contribution in [0.3, 0.4) is 0 Å². The van der Waals surface area contributed by atoms with Crippen LogP contribution in [0.25, 0.3) is 0 Å². The number of non-ortho nitro benzene ring substituents is 1. The Hall–Kier alpha value is -5.00. The summed E-state index contributed by atoms with van der Waals surface area (Å²) in [6, 6.07) is 15.3. The molecule has 180 valence electrons. The molecular formula is C23H21N5O7. The fraction of sp³-hybridized carbons (Fsp3) is 0.130. The maximum atomic E-state index is 12.0. The van der Waals surface area contributed by atoms with E-state index in [4.69, 9.17) is 9.47 Å². The predicted octanol–water partition coefficient (Wildman–Crippen LogP) is 4.17. The molecule has 0 unspecified atom stereocenters. The molecule has 12 heteroatoms. The first-order valence-electron chi connectivity index (χ1n) is 10.2. The van der Waals surface area contributed by atoms with Gasteiger partial charge in [-0.1, -0.05) is 17.7 Å². The van der Waals surface area contributed by atoms with Gasteiger partial charge in [0.1, 0.15) is 0 Å². The van der Waals surface area contributed by atoms with E-state index in [1.807, 2.05) is 31.2 Å². The number of nitrogens with zero attached hydrogens (tertiary/aromatic N) is 3. The summed E-state index contributed by atoms with van der Waals surface area (Å²) >= 11 is 0. The fourth-order valence-corrected chi connectivity index (χ4v) is 2.89. The molecule has 0 spiro atoms. The zero-order valence-electron chi connectivity index (χ0n) is 18.8. The van der Waals surface area contributed by atoms with Crippen molar-refractivity contribution in [2.45, 2.75) is 6.92 Å². The summed E-state index contributed by atoms with van der Waals surface area (Å²) in [4.78, 5) is 32.7. The number of nitrogens with one attached hydrogen (secondary N) is 2. The lowest BCUT2D eigenvalue weighted by Gasteiger charge is -2.11. The molecule has 0 radical (unpaired) electrons. The third kappa shape index (κ3) is 6.74. The highest BCUT2D eigenvalue weighted by atomic mass is 16.6. The maximum absolute atomic E-state index is 12.0. The lowest BCUT2D eigenvalue weighted by atomic mass is 10.2. The summed E-state index contributed by atoms with van der Waals surface area (Å²) in [7, 11) is 1.38. The zero-order chi connectivity index (χ0) is 25.4. The quantitative estimate of drug-likeness (QED) is 0.249. The summed E-state index contributed by atoms with van der Waals surface area (Å²) < 4.78 is 10.9. The number of nitro benzene ring substituents is 2. The third-order valence-corrected chi connectivity index (χ3v) is 4.67. The lowest BCUT2D eigenvalue weighted by Crippen LogP contribution is -2.25. The number of hydrogen-bond donors (Lipinski definition) is 2. The number of anilines is 1. The van der Waals surface area contributed by atoms with Crippen molar-refractivity contribution in [3.05, 3.63) is 92.0 Å². The van der Waals surface area contributed by atoms with Gasteiger partial charge in [-0.3, -0.25) is 25.0 Å². The topological polar surface area (TPSA) is 158 Å². The summed E-state index contributed by atoms with van der Waals surface area (Å²) in [5.74, 6) is -0.158. The van der Waals surface area contributed by atoms with Crippen LogP contribution in [0.5, 0.6) is 17.2 Å². The second-order valence-electron chi connectivity index (χ2n) is 7.19. The zero-order valence-corrected chi connectivity index (χ0v) is 18.8. The van der Waals surface area contributed by atoms with Crippen molar-refractivity contribution in [1.82, 2.24) is 5.43 Å². The Labute approximate surface area is 199 Å². The van der Waals surface area contributed by atoms with Gasteiger partial charge in [0.15, 0.2) is 11.5 Å². The van der Waals surface area contributed by atoms with Crippen molar-refractivity contribution < 1.29 is 24.1 Å². The number of hydrogen-bond acceptors (Lipinski definition) is 9. The summed E-state index contributed by atoms with van der Waals surface area (Å²) in [6.07, 6.45) is 1.39. The molecule has 0 atom stereocenters. The number of rotatable bonds is 10. The molecule has 0 saturated heterocycles. The van der Waals surface area contributed by atoms with Crippen LogP contribution in [0.1, 0.15) is 11.1 Å². The van der Waals surface area contributed by atoms with Crippen molar-refractivity contribution >= 4 is 29.2 Å². The van der Waals surface area contributed by atoms with E-state index in [9.17, 15) is 25.0 Å². The van der Waals surface area contributed by atoms with E-state index in [1.165, 1.54) is 19.4 Å². The SMILES string of the molecule is COc1cc(/C=N\NC(=O)CNc2ccc(C)cc2)ccc1Oc1ccc([N+](=O)[O-])cc1[N+](=O)[O-]. The molecule has 3 aromatic rings. The summed E-state index contributed by atoms with van der Waals surface area (Å²) in [5.41, 5.74) is 3.89. The van der Waals surface area contributed by atoms with Gasteiger partial charge in [0.25, 0.3) is 11.6 Å². The van der Waals surface area contributed by atoms with Gasteiger partial charge in [0, 0.05) is 11.8 Å². The van der Waals surface area contributed by atoms with E-state index in [2.05, 4.69) is 15.8 Å². The minimum atomic E-state index is -0.772.